The number of hydrogen-bond acceptors (Lipinski definition) is 19. The number of ether oxygens (including phenoxy) is 1. The summed E-state index contributed by atoms with van der Waals surface area (Å²) >= 11 is 3.43. The molecule has 0 spiro atoms. The Hall–Kier alpha value is -10.6. The van der Waals surface area contributed by atoms with E-state index in [2.05, 4.69) is 87.3 Å². The van der Waals surface area contributed by atoms with Crippen molar-refractivity contribution < 1.29 is 39.7 Å². The normalized spacial score (nSPS) is 16.7. The van der Waals surface area contributed by atoms with Crippen LogP contribution in [0.3, 0.4) is 0 Å². The lowest BCUT2D eigenvalue weighted by Gasteiger charge is -2.28. The standard InChI is InChI=1S/C21H27N3O4S.C16H19N3O2S.C10H8ClNO2S.C10H8N2O2.C10H10N2.C10H9N.C9H6BrN/c1-14-12-22-13-15-6-5-7-18(19(14)15)29(26,27)24-11-9-16-17(24)8-10-23(16)20(25)28-21(2,3)4;1-11-9-17-10-12-3-2-4-15(16(11)12)22(20,21)19-8-6-13-14(19)5-7-18-13;1-7-5-12-6-8-3-2-4-9(10(7)8)15(11,13)14;1-7-5-11-6-8-3-2-4-9(10(7)8)12(13)14;1-7-5-12-6-8-3-2-4-9(11)10(7)8;1-8-6-11-7-9-4-2-3-5-10(8)9;10-9-6-11-5-7-3-1-2-4-8(7)9/h5-7,12-13,16-17H,8-11H2,1-4H3;2-4,9-10,13-14,18H,5-8H2,1H3;2-6H,1H3;2-6H,1H3;2-6H,11H2,1H3;2-7H,1H3;1-6H/t16-,17-;13-,14-;;;;;/m00...../s1. The number of nitrogens with zero attached hydrogens (tertiary/aromatic N) is 11. The number of nitrogen functional groups attached to an aromatic ring is 1. The highest BCUT2D eigenvalue weighted by atomic mass is 79.9. The fourth-order valence-corrected chi connectivity index (χ4v) is 20.9. The van der Waals surface area contributed by atoms with Gasteiger partial charge in [-0.1, -0.05) is 109 Å². The van der Waals surface area contributed by atoms with Gasteiger partial charge in [-0.05, 0) is 179 Å². The number of non-ortho nitro benzene ring substituents is 1. The van der Waals surface area contributed by atoms with E-state index in [1.807, 2.05) is 146 Å². The van der Waals surface area contributed by atoms with E-state index in [-0.39, 0.29) is 39.7 Å². The molecule has 4 fully saturated rings. The van der Waals surface area contributed by atoms with Gasteiger partial charge in [0.1, 0.15) is 5.60 Å². The Bertz CT molecular complexity index is 6160. The van der Waals surface area contributed by atoms with Crippen molar-refractivity contribution >= 4 is 149 Å². The molecule has 4 saturated heterocycles. The summed E-state index contributed by atoms with van der Waals surface area (Å²) in [6, 6.07) is 43.0. The lowest BCUT2D eigenvalue weighted by molar-refractivity contribution is -0.383. The molecule has 0 saturated carbocycles. The van der Waals surface area contributed by atoms with Gasteiger partial charge in [-0.15, -0.1) is 0 Å². The molecule has 4 aliphatic rings. The Morgan fingerprint density at radius 1 is 0.465 bits per heavy atom. The molecule has 4 aliphatic heterocycles. The van der Waals surface area contributed by atoms with Crippen LogP contribution in [0.2, 0.25) is 0 Å². The molecule has 0 bridgehead atoms. The Labute approximate surface area is 675 Å². The van der Waals surface area contributed by atoms with Crippen molar-refractivity contribution in [2.45, 2.75) is 132 Å². The fourth-order valence-electron chi connectivity index (χ4n) is 15.3. The van der Waals surface area contributed by atoms with Gasteiger partial charge in [0.25, 0.3) is 14.7 Å². The van der Waals surface area contributed by atoms with Gasteiger partial charge in [0, 0.05) is 211 Å². The first-order valence-corrected chi connectivity index (χ1v) is 43.0. The zero-order chi connectivity index (χ0) is 81.4. The number of carbonyl (C=O) groups excluding carboxylic acids is 1. The van der Waals surface area contributed by atoms with Crippen LogP contribution < -0.4 is 11.1 Å². The number of amides is 1. The smallest absolute Gasteiger partial charge is 0.410 e. The van der Waals surface area contributed by atoms with Gasteiger partial charge in [-0.25, -0.2) is 30.0 Å². The minimum atomic E-state index is -3.71. The van der Waals surface area contributed by atoms with Crippen molar-refractivity contribution in [3.8, 4) is 0 Å². The monoisotopic (exact) mass is 1670 g/mol. The average Bonchev–Trinajstić information content (AvgIpc) is 1.47. The summed E-state index contributed by atoms with van der Waals surface area (Å²) in [5, 5.41) is 27.4. The molecule has 0 aliphatic carbocycles. The summed E-state index contributed by atoms with van der Waals surface area (Å²) in [4.78, 5) is 54.1. The Morgan fingerprint density at radius 3 is 1.34 bits per heavy atom. The zero-order valence-corrected chi connectivity index (χ0v) is 69.2. The Balaban J connectivity index is 0.000000127. The first kappa shape index (κ1) is 82.8. The summed E-state index contributed by atoms with van der Waals surface area (Å²) in [5.41, 5.74) is 12.0. The van der Waals surface area contributed by atoms with E-state index in [1.165, 1.54) is 39.2 Å². The van der Waals surface area contributed by atoms with E-state index >= 15 is 0 Å². The van der Waals surface area contributed by atoms with Gasteiger partial charge in [0.05, 0.1) is 31.0 Å². The number of anilines is 1. The van der Waals surface area contributed by atoms with Gasteiger partial charge in [0.2, 0.25) is 20.0 Å². The summed E-state index contributed by atoms with van der Waals surface area (Å²) in [5.74, 6) is 0. The summed E-state index contributed by atoms with van der Waals surface area (Å²) in [6.07, 6.45) is 27.1. The lowest BCUT2D eigenvalue weighted by Crippen LogP contribution is -2.43. The van der Waals surface area contributed by atoms with Crippen LogP contribution in [0.15, 0.2) is 245 Å². The molecule has 18 rings (SSSR count). The highest BCUT2D eigenvalue weighted by Crippen LogP contribution is 2.40. The molecule has 588 valence electrons. The van der Waals surface area contributed by atoms with E-state index in [9.17, 15) is 40.2 Å². The molecule has 0 unspecified atom stereocenters. The number of nitrogens with one attached hydrogen (secondary N) is 1. The van der Waals surface area contributed by atoms with Crippen LogP contribution in [0.25, 0.3) is 75.4 Å². The maximum atomic E-state index is 13.6. The van der Waals surface area contributed by atoms with E-state index in [0.29, 0.717) is 64.5 Å². The number of pyridine rings is 7. The number of nitro groups is 1. The number of nitro benzene ring substituents is 1. The molecular weight excluding hydrogens is 1590 g/mol. The predicted molar refractivity (Wildman–Crippen MR) is 455 cm³/mol. The number of aromatic nitrogens is 7. The molecule has 11 heterocycles. The number of nitrogens with two attached hydrogens (primary N) is 1. The van der Waals surface area contributed by atoms with Gasteiger partial charge in [-0.2, -0.15) is 8.61 Å². The second kappa shape index (κ2) is 35.4. The molecule has 1 amide bonds. The number of benzene rings is 7. The van der Waals surface area contributed by atoms with Gasteiger partial charge >= 0.3 is 6.09 Å². The number of fused-ring (bicyclic) bond motifs is 9. The van der Waals surface area contributed by atoms with E-state index in [4.69, 9.17) is 21.2 Å². The maximum Gasteiger partial charge on any atom is 0.410 e. The summed E-state index contributed by atoms with van der Waals surface area (Å²) in [7, 11) is -5.52. The van der Waals surface area contributed by atoms with Crippen LogP contribution >= 0.6 is 26.6 Å². The molecule has 3 N–H and O–H groups in total. The Morgan fingerprint density at radius 2 is 0.851 bits per heavy atom. The number of halogens is 2. The van der Waals surface area contributed by atoms with E-state index in [0.717, 1.165) is 95.1 Å². The van der Waals surface area contributed by atoms with Crippen molar-refractivity contribution in [3.05, 3.63) is 274 Å². The van der Waals surface area contributed by atoms with Gasteiger partial charge in [0.15, 0.2) is 0 Å². The number of sulfonamides is 2. The number of likely N-dealkylation sites (tertiary alicyclic amines) is 1. The van der Waals surface area contributed by atoms with Crippen LogP contribution in [-0.2, 0) is 33.8 Å². The van der Waals surface area contributed by atoms with Gasteiger partial charge in [-0.3, -0.25) is 45.0 Å². The summed E-state index contributed by atoms with van der Waals surface area (Å²) in [6.45, 7) is 19.4. The minimum Gasteiger partial charge on any atom is -0.444 e. The molecule has 7 aromatic heterocycles. The van der Waals surface area contributed by atoms with Crippen molar-refractivity contribution in [3.63, 3.8) is 0 Å². The van der Waals surface area contributed by atoms with Crippen molar-refractivity contribution in [2.24, 2.45) is 0 Å². The van der Waals surface area contributed by atoms with Crippen LogP contribution in [0.4, 0.5) is 16.2 Å². The third-order valence-electron chi connectivity index (χ3n) is 20.4. The molecule has 0 radical (unpaired) electrons. The van der Waals surface area contributed by atoms with Crippen LogP contribution in [0.5, 0.6) is 0 Å². The third kappa shape index (κ3) is 18.4. The second-order valence-electron chi connectivity index (χ2n) is 29.2. The second-order valence-corrected chi connectivity index (χ2v) is 36.3. The highest BCUT2D eigenvalue weighted by molar-refractivity contribution is 9.10. The SMILES string of the molecule is Brc1cncc2ccccc12.Cc1cncc2cccc(N)c12.Cc1cncc2cccc(S(=O)(=O)Cl)c12.Cc1cncc2cccc(S(=O)(=O)N3CC[C@@H]4NCC[C@@H]43)c12.Cc1cncc2cccc(S(=O)(=O)N3CC[C@H]4[C@@H]3CCN4C(=O)OC(C)(C)C)c12.Cc1cncc2cccc([N+](=O)[O-])c12.Cc1cncc2ccccc12. The fraction of sp³-hybridized carbons (Fsp3) is 0.256. The van der Waals surface area contributed by atoms with Crippen molar-refractivity contribution in [2.75, 3.05) is 31.9 Å². The zero-order valence-electron chi connectivity index (χ0n) is 64.4. The van der Waals surface area contributed by atoms with Crippen molar-refractivity contribution in [1.29, 1.82) is 0 Å². The lowest BCUT2D eigenvalue weighted by atomic mass is 10.1. The molecule has 28 heteroatoms. The third-order valence-corrected chi connectivity index (χ3v) is 26.3. The van der Waals surface area contributed by atoms with E-state index < -0.39 is 34.7 Å². The minimum absolute atomic E-state index is 0.0994. The Kier molecular flexibility index (Phi) is 25.7. The highest BCUT2D eigenvalue weighted by Gasteiger charge is 2.50. The first-order chi connectivity index (χ1) is 54.4. The van der Waals surface area contributed by atoms with E-state index in [1.54, 1.807) is 112 Å². The molecule has 23 nitrogen and oxygen atoms in total. The van der Waals surface area contributed by atoms with Crippen LogP contribution in [-0.4, -0.2) is 141 Å². The molecule has 14 aromatic rings. The van der Waals surface area contributed by atoms with Crippen molar-refractivity contribution in [1.82, 2.24) is 53.7 Å². The number of rotatable bonds is 6. The van der Waals surface area contributed by atoms with Gasteiger partial charge < -0.3 is 20.7 Å². The molecule has 114 heavy (non-hydrogen) atoms. The van der Waals surface area contributed by atoms with Crippen LogP contribution in [0, 0.1) is 51.7 Å². The number of hydrogen-bond donors (Lipinski definition) is 2. The largest absolute Gasteiger partial charge is 0.444 e. The number of carbonyl (C=O) groups is 1. The molecular formula is C86H87BrClN13O10S3. The quantitative estimate of drug-likeness (QED) is 0.0676. The first-order valence-electron chi connectivity index (χ1n) is 37.0. The maximum absolute atomic E-state index is 13.6. The summed E-state index contributed by atoms with van der Waals surface area (Å²) < 4.78 is 86.2. The average molecular weight is 1670 g/mol. The molecule has 7 aromatic carbocycles. The molecule has 4 atom stereocenters. The topological polar surface area (TPSA) is 310 Å². The van der Waals surface area contributed by atoms with Crippen LogP contribution in [0.1, 0.15) is 79.8 Å². The number of aryl methyl sites for hydroxylation is 6. The predicted octanol–water partition coefficient (Wildman–Crippen LogP) is 17.6.